The van der Waals surface area contributed by atoms with Gasteiger partial charge in [-0.3, -0.25) is 9.59 Å². The van der Waals surface area contributed by atoms with Crippen molar-refractivity contribution in [3.8, 4) is 0 Å². The highest BCUT2D eigenvalue weighted by atomic mass is 19.4. The van der Waals surface area contributed by atoms with E-state index in [1.165, 1.54) is 6.07 Å². The number of rotatable bonds is 4. The van der Waals surface area contributed by atoms with Gasteiger partial charge in [-0.25, -0.2) is 0 Å². The average Bonchev–Trinajstić information content (AvgIpc) is 3.17. The third-order valence-corrected chi connectivity index (χ3v) is 5.87. The molecule has 154 valence electrons. The lowest BCUT2D eigenvalue weighted by Gasteiger charge is -2.30. The molecule has 0 spiro atoms. The number of benzene rings is 1. The maximum atomic E-state index is 12.9. The van der Waals surface area contributed by atoms with E-state index in [0.29, 0.717) is 18.5 Å². The Kier molecular flexibility index (Phi) is 6.30. The van der Waals surface area contributed by atoms with Crippen molar-refractivity contribution in [1.82, 2.24) is 10.2 Å². The minimum Gasteiger partial charge on any atom is -0.348 e. The summed E-state index contributed by atoms with van der Waals surface area (Å²) in [6.45, 7) is 2.24. The van der Waals surface area contributed by atoms with Crippen molar-refractivity contribution in [2.75, 3.05) is 6.54 Å². The van der Waals surface area contributed by atoms with E-state index in [1.807, 2.05) is 0 Å². The van der Waals surface area contributed by atoms with E-state index in [-0.39, 0.29) is 17.7 Å². The monoisotopic (exact) mass is 396 g/mol. The van der Waals surface area contributed by atoms with Crippen LogP contribution >= 0.6 is 0 Å². The predicted octanol–water partition coefficient (Wildman–Crippen LogP) is 4.45. The zero-order valence-corrected chi connectivity index (χ0v) is 16.1. The highest BCUT2D eigenvalue weighted by molar-refractivity contribution is 5.89. The molecule has 7 heteroatoms. The molecule has 4 nitrogen and oxygen atoms in total. The summed E-state index contributed by atoms with van der Waals surface area (Å²) < 4.78 is 38.8. The first kappa shape index (κ1) is 20.7. The van der Waals surface area contributed by atoms with Crippen LogP contribution in [-0.2, 0) is 15.8 Å². The van der Waals surface area contributed by atoms with Gasteiger partial charge in [0.2, 0.25) is 11.8 Å². The summed E-state index contributed by atoms with van der Waals surface area (Å²) in [4.78, 5) is 27.3. The van der Waals surface area contributed by atoms with Crippen LogP contribution in [0.2, 0.25) is 0 Å². The molecular weight excluding hydrogens is 369 g/mol. The van der Waals surface area contributed by atoms with Gasteiger partial charge in [-0.2, -0.15) is 13.2 Å². The van der Waals surface area contributed by atoms with Gasteiger partial charge in [0, 0.05) is 12.5 Å². The van der Waals surface area contributed by atoms with Gasteiger partial charge in [-0.15, -0.1) is 0 Å². The van der Waals surface area contributed by atoms with E-state index < -0.39 is 23.8 Å². The summed E-state index contributed by atoms with van der Waals surface area (Å²) in [5.41, 5.74) is -0.340. The van der Waals surface area contributed by atoms with Gasteiger partial charge in [0.25, 0.3) is 0 Å². The van der Waals surface area contributed by atoms with Gasteiger partial charge >= 0.3 is 6.18 Å². The molecule has 1 aromatic carbocycles. The molecular formula is C21H27F3N2O2. The van der Waals surface area contributed by atoms with Gasteiger partial charge in [0.15, 0.2) is 0 Å². The Labute approximate surface area is 163 Å². The summed E-state index contributed by atoms with van der Waals surface area (Å²) in [6, 6.07) is 3.89. The van der Waals surface area contributed by atoms with Gasteiger partial charge in [-0.05, 0) is 50.3 Å². The van der Waals surface area contributed by atoms with Crippen molar-refractivity contribution in [2.24, 2.45) is 5.92 Å². The smallest absolute Gasteiger partial charge is 0.348 e. The summed E-state index contributed by atoms with van der Waals surface area (Å²) in [5, 5.41) is 2.80. The number of amides is 2. The fourth-order valence-corrected chi connectivity index (χ4v) is 4.26. The van der Waals surface area contributed by atoms with Crippen molar-refractivity contribution in [2.45, 2.75) is 70.1 Å². The molecule has 3 rings (SSSR count). The number of nitrogens with one attached hydrogen (secondary N) is 1. The second-order valence-electron chi connectivity index (χ2n) is 7.88. The molecule has 28 heavy (non-hydrogen) atoms. The minimum absolute atomic E-state index is 0.00282. The number of alkyl halides is 3. The largest absolute Gasteiger partial charge is 0.416 e. The maximum Gasteiger partial charge on any atom is 0.416 e. The lowest BCUT2D eigenvalue weighted by Crippen LogP contribution is -2.48. The summed E-state index contributed by atoms with van der Waals surface area (Å²) in [5.74, 6) is -0.223. The van der Waals surface area contributed by atoms with Crippen LogP contribution in [0.4, 0.5) is 13.2 Å². The Morgan fingerprint density at radius 3 is 2.50 bits per heavy atom. The number of halogens is 3. The molecule has 2 unspecified atom stereocenters. The first-order valence-corrected chi connectivity index (χ1v) is 10.1. The highest BCUT2D eigenvalue weighted by Crippen LogP contribution is 2.31. The Morgan fingerprint density at radius 1 is 1.11 bits per heavy atom. The Morgan fingerprint density at radius 2 is 1.82 bits per heavy atom. The van der Waals surface area contributed by atoms with E-state index in [4.69, 9.17) is 0 Å². The Hall–Kier alpha value is -2.05. The maximum absolute atomic E-state index is 12.9. The lowest BCUT2D eigenvalue weighted by molar-refractivity contribution is -0.142. The molecule has 1 N–H and O–H groups in total. The predicted molar refractivity (Wildman–Crippen MR) is 99.3 cm³/mol. The van der Waals surface area contributed by atoms with Crippen molar-refractivity contribution in [3.05, 3.63) is 35.4 Å². The molecule has 2 fully saturated rings. The van der Waals surface area contributed by atoms with Gasteiger partial charge in [0.05, 0.1) is 11.6 Å². The quantitative estimate of drug-likeness (QED) is 0.817. The standard InChI is InChI=1S/C21H27F3N2O2/c1-14(16-9-5-10-17(13-16)21(22,23)24)25-19(27)18-11-6-12-26(18)20(28)15-7-3-2-4-8-15/h5,9-10,13-15,18H,2-4,6-8,11-12H2,1H3,(H,25,27). The molecule has 2 amide bonds. The molecule has 1 aliphatic heterocycles. The van der Waals surface area contributed by atoms with Crippen molar-refractivity contribution >= 4 is 11.8 Å². The first-order valence-electron chi connectivity index (χ1n) is 10.1. The summed E-state index contributed by atoms with van der Waals surface area (Å²) in [6.07, 6.45) is 1.96. The molecule has 1 saturated carbocycles. The Balaban J connectivity index is 1.65. The van der Waals surface area contributed by atoms with E-state index in [2.05, 4.69) is 5.32 Å². The van der Waals surface area contributed by atoms with E-state index in [0.717, 1.165) is 50.7 Å². The van der Waals surface area contributed by atoms with Crippen molar-refractivity contribution in [1.29, 1.82) is 0 Å². The second-order valence-corrected chi connectivity index (χ2v) is 7.88. The van der Waals surface area contributed by atoms with Crippen molar-refractivity contribution < 1.29 is 22.8 Å². The van der Waals surface area contributed by atoms with E-state index in [1.54, 1.807) is 17.9 Å². The molecule has 1 aliphatic carbocycles. The average molecular weight is 396 g/mol. The fraction of sp³-hybridized carbons (Fsp3) is 0.619. The molecule has 0 aromatic heterocycles. The number of nitrogens with zero attached hydrogens (tertiary/aromatic N) is 1. The van der Waals surface area contributed by atoms with Crippen LogP contribution in [0.25, 0.3) is 0 Å². The van der Waals surface area contributed by atoms with E-state index >= 15 is 0 Å². The molecule has 0 bridgehead atoms. The molecule has 2 aliphatic rings. The highest BCUT2D eigenvalue weighted by Gasteiger charge is 2.38. The molecule has 1 saturated heterocycles. The topological polar surface area (TPSA) is 49.4 Å². The molecule has 1 aromatic rings. The number of likely N-dealkylation sites (tertiary alicyclic amines) is 1. The van der Waals surface area contributed by atoms with Crippen LogP contribution in [0, 0.1) is 5.92 Å². The first-order chi connectivity index (χ1) is 13.3. The third kappa shape index (κ3) is 4.67. The zero-order valence-electron chi connectivity index (χ0n) is 16.1. The van der Waals surface area contributed by atoms with E-state index in [9.17, 15) is 22.8 Å². The number of hydrogen-bond donors (Lipinski definition) is 1. The fourth-order valence-electron chi connectivity index (χ4n) is 4.26. The molecule has 0 radical (unpaired) electrons. The van der Waals surface area contributed by atoms with Gasteiger partial charge in [0.1, 0.15) is 6.04 Å². The van der Waals surface area contributed by atoms with Gasteiger partial charge < -0.3 is 10.2 Å². The Bertz CT molecular complexity index is 714. The van der Waals surface area contributed by atoms with Crippen LogP contribution in [-0.4, -0.2) is 29.3 Å². The van der Waals surface area contributed by atoms with Crippen LogP contribution < -0.4 is 5.32 Å². The number of hydrogen-bond acceptors (Lipinski definition) is 2. The normalized spacial score (nSPS) is 22.1. The second kappa shape index (κ2) is 8.53. The van der Waals surface area contributed by atoms with Crippen molar-refractivity contribution in [3.63, 3.8) is 0 Å². The summed E-state index contributed by atoms with van der Waals surface area (Å²) >= 11 is 0. The van der Waals surface area contributed by atoms with Crippen LogP contribution in [0.1, 0.15) is 69.0 Å². The lowest BCUT2D eigenvalue weighted by atomic mass is 9.88. The SMILES string of the molecule is CC(NC(=O)C1CCCN1C(=O)C1CCCCC1)c1cccc(C(F)(F)F)c1. The minimum atomic E-state index is -4.42. The number of carbonyl (C=O) groups excluding carboxylic acids is 2. The third-order valence-electron chi connectivity index (χ3n) is 5.87. The zero-order chi connectivity index (χ0) is 20.3. The van der Waals surface area contributed by atoms with Crippen LogP contribution in [0.3, 0.4) is 0 Å². The van der Waals surface area contributed by atoms with Crippen LogP contribution in [0.5, 0.6) is 0 Å². The number of carbonyl (C=O) groups is 2. The van der Waals surface area contributed by atoms with Gasteiger partial charge in [-0.1, -0.05) is 31.4 Å². The summed E-state index contributed by atoms with van der Waals surface area (Å²) in [7, 11) is 0. The molecule has 1 heterocycles. The van der Waals surface area contributed by atoms with Crippen LogP contribution in [0.15, 0.2) is 24.3 Å². The molecule has 2 atom stereocenters.